The zero-order valence-electron chi connectivity index (χ0n) is 14.5. The molecule has 132 valence electrons. The maximum Gasteiger partial charge on any atom is 0.223 e. The molecule has 0 radical (unpaired) electrons. The predicted octanol–water partition coefficient (Wildman–Crippen LogP) is 3.23. The highest BCUT2D eigenvalue weighted by Gasteiger charge is 2.58. The summed E-state index contributed by atoms with van der Waals surface area (Å²) >= 11 is 3.40. The first-order valence-electron chi connectivity index (χ1n) is 8.61. The number of amides is 2. The van der Waals surface area contributed by atoms with Gasteiger partial charge in [0.05, 0.1) is 0 Å². The van der Waals surface area contributed by atoms with Crippen LogP contribution >= 0.6 is 23.1 Å². The lowest BCUT2D eigenvalue weighted by Crippen LogP contribution is -2.42. The van der Waals surface area contributed by atoms with Crippen LogP contribution in [-0.4, -0.2) is 52.8 Å². The summed E-state index contributed by atoms with van der Waals surface area (Å²) in [5, 5.41) is 4.19. The minimum absolute atomic E-state index is 0.168. The van der Waals surface area contributed by atoms with Gasteiger partial charge in [-0.25, -0.2) is 0 Å². The molecule has 1 saturated carbocycles. The van der Waals surface area contributed by atoms with Crippen LogP contribution in [0.4, 0.5) is 0 Å². The molecule has 6 heteroatoms. The van der Waals surface area contributed by atoms with Gasteiger partial charge >= 0.3 is 0 Å². The van der Waals surface area contributed by atoms with Crippen LogP contribution in [0.3, 0.4) is 0 Å². The van der Waals surface area contributed by atoms with E-state index in [4.69, 9.17) is 0 Å². The highest BCUT2D eigenvalue weighted by atomic mass is 32.2. The summed E-state index contributed by atoms with van der Waals surface area (Å²) in [5.74, 6) is 1.36. The summed E-state index contributed by atoms with van der Waals surface area (Å²) in [6, 6.07) is 2.46. The third kappa shape index (κ3) is 3.80. The molecule has 0 aromatic carbocycles. The maximum atomic E-state index is 12.2. The number of carbonyl (C=O) groups excluding carboxylic acids is 2. The third-order valence-electron chi connectivity index (χ3n) is 5.49. The molecule has 0 unspecified atom stereocenters. The molecule has 4 nitrogen and oxygen atoms in total. The highest BCUT2D eigenvalue weighted by molar-refractivity contribution is 7.98. The van der Waals surface area contributed by atoms with Crippen LogP contribution in [0.25, 0.3) is 0 Å². The minimum Gasteiger partial charge on any atom is -0.343 e. The number of piperidine rings is 1. The minimum atomic E-state index is 0.168. The Morgan fingerprint density at radius 2 is 2.17 bits per heavy atom. The fourth-order valence-electron chi connectivity index (χ4n) is 3.87. The number of thioether (sulfide) groups is 1. The number of likely N-dealkylation sites (tertiary alicyclic amines) is 1. The molecule has 1 aliphatic carbocycles. The second kappa shape index (κ2) is 7.48. The van der Waals surface area contributed by atoms with Crippen LogP contribution in [0, 0.1) is 5.41 Å². The summed E-state index contributed by atoms with van der Waals surface area (Å²) in [6.45, 7) is 4.11. The van der Waals surface area contributed by atoms with E-state index in [0.29, 0.717) is 12.5 Å². The first-order chi connectivity index (χ1) is 11.6. The van der Waals surface area contributed by atoms with Crippen molar-refractivity contribution in [3.05, 3.63) is 22.4 Å². The predicted molar refractivity (Wildman–Crippen MR) is 100 cm³/mol. The van der Waals surface area contributed by atoms with Gasteiger partial charge in [0.15, 0.2) is 0 Å². The van der Waals surface area contributed by atoms with Crippen LogP contribution in [0.2, 0.25) is 0 Å². The lowest BCUT2D eigenvalue weighted by atomic mass is 9.92. The van der Waals surface area contributed by atoms with E-state index in [1.54, 1.807) is 30.0 Å². The number of carbonyl (C=O) groups is 2. The lowest BCUT2D eigenvalue weighted by molar-refractivity contribution is -0.134. The Bertz CT molecular complexity index is 580. The molecule has 2 aliphatic rings. The van der Waals surface area contributed by atoms with E-state index in [1.165, 1.54) is 5.56 Å². The van der Waals surface area contributed by atoms with Crippen molar-refractivity contribution in [3.63, 3.8) is 0 Å². The van der Waals surface area contributed by atoms with Gasteiger partial charge in [-0.3, -0.25) is 9.59 Å². The number of rotatable bonds is 6. The van der Waals surface area contributed by atoms with E-state index in [1.807, 2.05) is 16.1 Å². The normalized spacial score (nSPS) is 21.8. The van der Waals surface area contributed by atoms with Gasteiger partial charge in [-0.15, -0.1) is 0 Å². The van der Waals surface area contributed by atoms with E-state index in [2.05, 4.69) is 16.8 Å². The van der Waals surface area contributed by atoms with Crippen LogP contribution in [0.15, 0.2) is 16.8 Å². The Labute approximate surface area is 152 Å². The Morgan fingerprint density at radius 3 is 2.75 bits per heavy atom. The van der Waals surface area contributed by atoms with Gasteiger partial charge in [-0.1, -0.05) is 0 Å². The van der Waals surface area contributed by atoms with Gasteiger partial charge in [0.2, 0.25) is 11.8 Å². The van der Waals surface area contributed by atoms with E-state index in [0.717, 1.165) is 44.6 Å². The topological polar surface area (TPSA) is 40.6 Å². The van der Waals surface area contributed by atoms with E-state index < -0.39 is 0 Å². The van der Waals surface area contributed by atoms with Crippen molar-refractivity contribution in [1.29, 1.82) is 0 Å². The van der Waals surface area contributed by atoms with Gasteiger partial charge in [0, 0.05) is 44.8 Å². The molecule has 1 aliphatic heterocycles. The Kier molecular flexibility index (Phi) is 5.55. The Balaban J connectivity index is 1.55. The van der Waals surface area contributed by atoms with Crippen molar-refractivity contribution >= 4 is 34.9 Å². The van der Waals surface area contributed by atoms with E-state index >= 15 is 0 Å². The molecule has 1 saturated heterocycles. The summed E-state index contributed by atoms with van der Waals surface area (Å²) in [6.07, 6.45) is 5.86. The van der Waals surface area contributed by atoms with Gasteiger partial charge in [0.25, 0.3) is 0 Å². The second-order valence-corrected chi connectivity index (χ2v) is 8.75. The SMILES string of the molecule is CSCCC(=O)N1CCC2(CC1)C[C@H]2N(Cc1ccsc1)C(C)=O. The van der Waals surface area contributed by atoms with Crippen LogP contribution < -0.4 is 0 Å². The number of thiophene rings is 1. The molecule has 1 aromatic heterocycles. The standard InChI is InChI=1S/C18H26N2O2S2/c1-14(21)20(12-15-3-10-24-13-15)16-11-18(16)5-7-19(8-6-18)17(22)4-9-23-2/h3,10,13,16H,4-9,11-12H2,1-2H3/t16-/m1/s1. The summed E-state index contributed by atoms with van der Waals surface area (Å²) in [5.41, 5.74) is 1.49. The van der Waals surface area contributed by atoms with E-state index in [-0.39, 0.29) is 17.2 Å². The Morgan fingerprint density at radius 1 is 1.42 bits per heavy atom. The number of hydrogen-bond donors (Lipinski definition) is 0. The summed E-state index contributed by atoms with van der Waals surface area (Å²) in [7, 11) is 0. The monoisotopic (exact) mass is 366 g/mol. The molecule has 1 spiro atoms. The average Bonchev–Trinajstić information content (AvgIpc) is 3.01. The molecule has 2 amide bonds. The van der Waals surface area contributed by atoms with E-state index in [9.17, 15) is 9.59 Å². The van der Waals surface area contributed by atoms with Crippen molar-refractivity contribution in [1.82, 2.24) is 9.80 Å². The van der Waals surface area contributed by atoms with Crippen LogP contribution in [0.5, 0.6) is 0 Å². The van der Waals surface area contributed by atoms with Crippen molar-refractivity contribution in [2.75, 3.05) is 25.1 Å². The molecule has 0 bridgehead atoms. The molecule has 3 rings (SSSR count). The van der Waals surface area contributed by atoms with Gasteiger partial charge in [-0.2, -0.15) is 23.1 Å². The Hall–Kier alpha value is -1.01. The molecule has 2 fully saturated rings. The fourth-order valence-corrected chi connectivity index (χ4v) is 4.91. The zero-order valence-corrected chi connectivity index (χ0v) is 16.1. The molecule has 2 heterocycles. The number of hydrogen-bond acceptors (Lipinski definition) is 4. The molecule has 0 N–H and O–H groups in total. The van der Waals surface area contributed by atoms with Crippen molar-refractivity contribution in [3.8, 4) is 0 Å². The zero-order chi connectivity index (χ0) is 17.2. The second-order valence-electron chi connectivity index (χ2n) is 6.98. The quantitative estimate of drug-likeness (QED) is 0.776. The molecular weight excluding hydrogens is 340 g/mol. The molecule has 1 atom stereocenters. The van der Waals surface area contributed by atoms with Gasteiger partial charge in [0.1, 0.15) is 0 Å². The van der Waals surface area contributed by atoms with Crippen molar-refractivity contribution in [2.45, 2.75) is 45.2 Å². The molecule has 24 heavy (non-hydrogen) atoms. The van der Waals surface area contributed by atoms with Crippen LogP contribution in [-0.2, 0) is 16.1 Å². The maximum absolute atomic E-state index is 12.2. The molecule has 1 aromatic rings. The first kappa shape index (κ1) is 17.8. The summed E-state index contributed by atoms with van der Waals surface area (Å²) in [4.78, 5) is 28.4. The van der Waals surface area contributed by atoms with Crippen LogP contribution in [0.1, 0.15) is 38.2 Å². The molecular formula is C18H26N2O2S2. The first-order valence-corrected chi connectivity index (χ1v) is 10.9. The lowest BCUT2D eigenvalue weighted by Gasteiger charge is -2.34. The average molecular weight is 367 g/mol. The van der Waals surface area contributed by atoms with Crippen molar-refractivity contribution < 1.29 is 9.59 Å². The third-order valence-corrected chi connectivity index (χ3v) is 6.84. The summed E-state index contributed by atoms with van der Waals surface area (Å²) < 4.78 is 0. The fraction of sp³-hybridized carbons (Fsp3) is 0.667. The smallest absolute Gasteiger partial charge is 0.223 e. The number of nitrogens with zero attached hydrogens (tertiary/aromatic N) is 2. The van der Waals surface area contributed by atoms with Gasteiger partial charge in [-0.05, 0) is 53.3 Å². The largest absolute Gasteiger partial charge is 0.343 e. The van der Waals surface area contributed by atoms with Crippen molar-refractivity contribution in [2.24, 2.45) is 5.41 Å². The van der Waals surface area contributed by atoms with Gasteiger partial charge < -0.3 is 9.80 Å². The highest BCUT2D eigenvalue weighted by Crippen LogP contribution is 2.57.